The average molecular weight is 418 g/mol. The van der Waals surface area contributed by atoms with Crippen LogP contribution < -0.4 is 4.74 Å². The number of nitrogens with zero attached hydrogens (tertiary/aromatic N) is 2. The van der Waals surface area contributed by atoms with Crippen LogP contribution in [0.1, 0.15) is 21.5 Å². The number of hydrogen-bond donors (Lipinski definition) is 0. The lowest BCUT2D eigenvalue weighted by Crippen LogP contribution is -2.53. The average Bonchev–Trinajstić information content (AvgIpc) is 2.77. The summed E-state index contributed by atoms with van der Waals surface area (Å²) in [5, 5.41) is 0. The largest absolute Gasteiger partial charge is 0.492 e. The van der Waals surface area contributed by atoms with Crippen LogP contribution in [0.5, 0.6) is 5.75 Å². The molecule has 0 unspecified atom stereocenters. The monoisotopic (exact) mass is 418 g/mol. The number of para-hydroxylation sites is 1. The van der Waals surface area contributed by atoms with Crippen LogP contribution in [0, 0.1) is 5.92 Å². The molecule has 2 heterocycles. The summed E-state index contributed by atoms with van der Waals surface area (Å²) in [6.07, 6.45) is -3.89. The highest BCUT2D eigenvalue weighted by atomic mass is 19.4. The second-order valence-corrected chi connectivity index (χ2v) is 7.52. The first-order valence-corrected chi connectivity index (χ1v) is 9.79. The Morgan fingerprint density at radius 3 is 2.37 bits per heavy atom. The van der Waals surface area contributed by atoms with E-state index in [4.69, 9.17) is 4.74 Å². The van der Waals surface area contributed by atoms with E-state index in [1.165, 1.54) is 17.0 Å². The van der Waals surface area contributed by atoms with Crippen molar-refractivity contribution in [3.8, 4) is 5.75 Å². The molecular formula is C22H21F3N2O3. The van der Waals surface area contributed by atoms with Crippen LogP contribution in [0.3, 0.4) is 0 Å². The van der Waals surface area contributed by atoms with Gasteiger partial charge in [0.25, 0.3) is 5.91 Å². The molecule has 0 bridgehead atoms. The summed E-state index contributed by atoms with van der Waals surface area (Å²) in [5.41, 5.74) is 0.155. The van der Waals surface area contributed by atoms with E-state index < -0.39 is 17.6 Å². The normalized spacial score (nSPS) is 19.1. The van der Waals surface area contributed by atoms with Gasteiger partial charge in [-0.3, -0.25) is 9.59 Å². The van der Waals surface area contributed by atoms with Crippen molar-refractivity contribution in [2.24, 2.45) is 5.92 Å². The van der Waals surface area contributed by atoms with E-state index in [2.05, 4.69) is 0 Å². The quantitative estimate of drug-likeness (QED) is 0.753. The fourth-order valence-corrected chi connectivity index (χ4v) is 3.89. The molecule has 4 rings (SSSR count). The smallest absolute Gasteiger partial charge is 0.416 e. The maximum atomic E-state index is 12.9. The molecule has 0 N–H and O–H groups in total. The third-order valence-corrected chi connectivity index (χ3v) is 5.54. The van der Waals surface area contributed by atoms with Crippen molar-refractivity contribution >= 4 is 11.8 Å². The van der Waals surface area contributed by atoms with Crippen molar-refractivity contribution in [1.29, 1.82) is 0 Å². The Kier molecular flexibility index (Phi) is 5.40. The molecule has 2 aliphatic rings. The zero-order valence-electron chi connectivity index (χ0n) is 16.2. The maximum Gasteiger partial charge on any atom is 0.416 e. The number of piperazine rings is 1. The van der Waals surface area contributed by atoms with E-state index >= 15 is 0 Å². The molecule has 1 atom stereocenters. The fourth-order valence-electron chi connectivity index (χ4n) is 3.89. The molecule has 2 amide bonds. The molecule has 0 radical (unpaired) electrons. The Balaban J connectivity index is 1.36. The van der Waals surface area contributed by atoms with E-state index in [-0.39, 0.29) is 30.5 Å². The van der Waals surface area contributed by atoms with Crippen LogP contribution in [-0.2, 0) is 17.4 Å². The Hall–Kier alpha value is -3.03. The first kappa shape index (κ1) is 20.3. The van der Waals surface area contributed by atoms with Crippen molar-refractivity contribution in [3.63, 3.8) is 0 Å². The molecule has 8 heteroatoms. The second kappa shape index (κ2) is 8.01. The Morgan fingerprint density at radius 1 is 0.933 bits per heavy atom. The van der Waals surface area contributed by atoms with E-state index in [0.717, 1.165) is 23.4 Å². The van der Waals surface area contributed by atoms with Crippen LogP contribution in [0.2, 0.25) is 0 Å². The Labute approximate surface area is 172 Å². The van der Waals surface area contributed by atoms with Crippen LogP contribution in [-0.4, -0.2) is 54.4 Å². The molecule has 1 fully saturated rings. The minimum Gasteiger partial charge on any atom is -0.492 e. The second-order valence-electron chi connectivity index (χ2n) is 7.52. The van der Waals surface area contributed by atoms with E-state index in [1.807, 2.05) is 24.3 Å². The predicted molar refractivity (Wildman–Crippen MR) is 103 cm³/mol. The molecule has 5 nitrogen and oxygen atoms in total. The lowest BCUT2D eigenvalue weighted by atomic mass is 9.95. The minimum atomic E-state index is -4.50. The molecule has 2 aromatic carbocycles. The van der Waals surface area contributed by atoms with Crippen molar-refractivity contribution in [2.45, 2.75) is 12.6 Å². The number of carbonyl (C=O) groups excluding carboxylic acids is 2. The van der Waals surface area contributed by atoms with Crippen molar-refractivity contribution in [3.05, 3.63) is 65.2 Å². The minimum absolute atomic E-state index is 0.00175. The van der Waals surface area contributed by atoms with Crippen molar-refractivity contribution in [1.82, 2.24) is 9.80 Å². The van der Waals surface area contributed by atoms with Gasteiger partial charge in [0.1, 0.15) is 12.4 Å². The maximum absolute atomic E-state index is 12.9. The Bertz CT molecular complexity index is 953. The number of benzene rings is 2. The highest BCUT2D eigenvalue weighted by Gasteiger charge is 2.34. The zero-order chi connectivity index (χ0) is 21.3. The predicted octanol–water partition coefficient (Wildman–Crippen LogP) is 3.24. The van der Waals surface area contributed by atoms with Crippen LogP contribution >= 0.6 is 0 Å². The van der Waals surface area contributed by atoms with Gasteiger partial charge in [-0.2, -0.15) is 13.2 Å². The molecule has 2 aromatic rings. The van der Waals surface area contributed by atoms with Gasteiger partial charge in [-0.25, -0.2) is 0 Å². The van der Waals surface area contributed by atoms with Crippen molar-refractivity contribution in [2.75, 3.05) is 32.8 Å². The fraction of sp³-hybridized carbons (Fsp3) is 0.364. The summed E-state index contributed by atoms with van der Waals surface area (Å²) in [4.78, 5) is 28.7. The first-order valence-electron chi connectivity index (χ1n) is 9.79. The van der Waals surface area contributed by atoms with Gasteiger partial charge in [0.05, 0.1) is 11.5 Å². The van der Waals surface area contributed by atoms with Gasteiger partial charge in [0, 0.05) is 31.7 Å². The molecular weight excluding hydrogens is 397 g/mol. The number of carbonyl (C=O) groups is 2. The number of ether oxygens (including phenoxy) is 1. The van der Waals surface area contributed by atoms with E-state index in [1.54, 1.807) is 4.90 Å². The zero-order valence-corrected chi connectivity index (χ0v) is 16.2. The van der Waals surface area contributed by atoms with Crippen LogP contribution in [0.25, 0.3) is 0 Å². The van der Waals surface area contributed by atoms with Crippen molar-refractivity contribution < 1.29 is 27.5 Å². The van der Waals surface area contributed by atoms with Gasteiger partial charge in [0.2, 0.25) is 5.91 Å². The number of hydrogen-bond acceptors (Lipinski definition) is 3. The van der Waals surface area contributed by atoms with Gasteiger partial charge < -0.3 is 14.5 Å². The highest BCUT2D eigenvalue weighted by molar-refractivity contribution is 5.94. The molecule has 0 aliphatic carbocycles. The summed E-state index contributed by atoms with van der Waals surface area (Å²) in [5.74, 6) is 0.0578. The van der Waals surface area contributed by atoms with Gasteiger partial charge >= 0.3 is 6.18 Å². The summed E-state index contributed by atoms with van der Waals surface area (Å²) >= 11 is 0. The van der Waals surface area contributed by atoms with Crippen LogP contribution in [0.4, 0.5) is 13.2 Å². The number of rotatable bonds is 2. The lowest BCUT2D eigenvalue weighted by Gasteiger charge is -2.37. The molecule has 1 saturated heterocycles. The summed E-state index contributed by atoms with van der Waals surface area (Å²) in [7, 11) is 0. The molecule has 0 spiro atoms. The lowest BCUT2D eigenvalue weighted by molar-refractivity contribution is -0.139. The molecule has 30 heavy (non-hydrogen) atoms. The van der Waals surface area contributed by atoms with Gasteiger partial charge in [-0.1, -0.05) is 24.3 Å². The Morgan fingerprint density at radius 2 is 1.63 bits per heavy atom. The highest BCUT2D eigenvalue weighted by Crippen LogP contribution is 2.30. The molecule has 158 valence electrons. The third kappa shape index (κ3) is 4.13. The van der Waals surface area contributed by atoms with Gasteiger partial charge in [0.15, 0.2) is 0 Å². The van der Waals surface area contributed by atoms with E-state index in [9.17, 15) is 22.8 Å². The molecule has 2 aliphatic heterocycles. The SMILES string of the molecule is O=C(c1cccc(C(F)(F)F)c1)N1CCN(C(=O)[C@H]2COc3ccccc3C2)CC1. The number of halogens is 3. The molecule has 0 aromatic heterocycles. The molecule has 0 saturated carbocycles. The van der Waals surface area contributed by atoms with E-state index in [0.29, 0.717) is 26.1 Å². The summed E-state index contributed by atoms with van der Waals surface area (Å²) in [6.45, 7) is 1.58. The first-order chi connectivity index (χ1) is 14.3. The summed E-state index contributed by atoms with van der Waals surface area (Å²) in [6, 6.07) is 12.1. The number of fused-ring (bicyclic) bond motifs is 1. The standard InChI is InChI=1S/C22H21F3N2O3/c23-22(24,25)18-6-3-5-16(13-18)20(28)26-8-10-27(11-9-26)21(29)17-12-15-4-1-2-7-19(15)30-14-17/h1-7,13,17H,8-12,14H2/t17-/m1/s1. The third-order valence-electron chi connectivity index (χ3n) is 5.54. The topological polar surface area (TPSA) is 49.9 Å². The summed E-state index contributed by atoms with van der Waals surface area (Å²) < 4.78 is 44.4. The van der Waals surface area contributed by atoms with Gasteiger partial charge in [-0.05, 0) is 36.2 Å². The number of alkyl halides is 3. The van der Waals surface area contributed by atoms with Gasteiger partial charge in [-0.15, -0.1) is 0 Å². The van der Waals surface area contributed by atoms with Crippen LogP contribution in [0.15, 0.2) is 48.5 Å². The number of amides is 2.